The molecular formula is C4H8ClNO2. The molecule has 3 nitrogen and oxygen atoms in total. The third-order valence-corrected chi connectivity index (χ3v) is 0.774. The van der Waals surface area contributed by atoms with Crippen molar-refractivity contribution >= 4 is 17.6 Å². The van der Waals surface area contributed by atoms with Crippen LogP contribution in [-0.2, 0) is 9.53 Å². The number of hydrogen-bond acceptors (Lipinski definition) is 3. The third-order valence-electron chi connectivity index (χ3n) is 0.469. The zero-order valence-corrected chi connectivity index (χ0v) is 5.31. The smallest absolute Gasteiger partial charge is 0.304 e. The van der Waals surface area contributed by atoms with Crippen molar-refractivity contribution in [1.82, 2.24) is 0 Å². The van der Waals surface area contributed by atoms with Crippen LogP contribution >= 0.6 is 11.6 Å². The van der Waals surface area contributed by atoms with Crippen molar-refractivity contribution in [2.75, 3.05) is 5.88 Å². The molecule has 0 saturated heterocycles. The molecule has 0 bridgehead atoms. The average molecular weight is 138 g/mol. The van der Waals surface area contributed by atoms with Crippen LogP contribution in [0, 0.1) is 0 Å². The van der Waals surface area contributed by atoms with Gasteiger partial charge in [-0.3, -0.25) is 10.5 Å². The lowest BCUT2D eigenvalue weighted by atomic mass is 10.7. The topological polar surface area (TPSA) is 52.3 Å². The molecule has 0 heterocycles. The van der Waals surface area contributed by atoms with Crippen molar-refractivity contribution in [2.24, 2.45) is 5.73 Å². The largest absolute Gasteiger partial charge is 0.446 e. The maximum Gasteiger partial charge on any atom is 0.304 e. The van der Waals surface area contributed by atoms with Crippen LogP contribution in [0.5, 0.6) is 0 Å². The Morgan fingerprint density at radius 2 is 2.50 bits per heavy atom. The number of alkyl halides is 1. The third kappa shape index (κ3) is 3.89. The van der Waals surface area contributed by atoms with Gasteiger partial charge in [-0.2, -0.15) is 0 Å². The van der Waals surface area contributed by atoms with Gasteiger partial charge in [0.05, 0.1) is 5.88 Å². The highest BCUT2D eigenvalue weighted by Crippen LogP contribution is 1.86. The van der Waals surface area contributed by atoms with Crippen molar-refractivity contribution in [3.8, 4) is 0 Å². The summed E-state index contributed by atoms with van der Waals surface area (Å²) in [5.74, 6) is -0.266. The van der Waals surface area contributed by atoms with Gasteiger partial charge in [0.2, 0.25) is 0 Å². The quantitative estimate of drug-likeness (QED) is 0.333. The minimum atomic E-state index is -0.658. The number of ether oxygens (including phenoxy) is 1. The van der Waals surface area contributed by atoms with Crippen molar-refractivity contribution in [1.29, 1.82) is 0 Å². The molecule has 1 unspecified atom stereocenters. The molecule has 4 heteroatoms. The maximum absolute atomic E-state index is 10.1. The molecule has 0 aliphatic rings. The fraction of sp³-hybridized carbons (Fsp3) is 0.750. The monoisotopic (exact) mass is 137 g/mol. The Balaban J connectivity index is 3.24. The Morgan fingerprint density at radius 3 is 2.62 bits per heavy atom. The van der Waals surface area contributed by atoms with E-state index in [1.165, 1.54) is 6.92 Å². The summed E-state index contributed by atoms with van der Waals surface area (Å²) in [6.07, 6.45) is -0.658. The van der Waals surface area contributed by atoms with Crippen molar-refractivity contribution in [3.63, 3.8) is 0 Å². The highest BCUT2D eigenvalue weighted by Gasteiger charge is 2.00. The van der Waals surface area contributed by atoms with Crippen molar-refractivity contribution in [3.05, 3.63) is 0 Å². The zero-order valence-electron chi connectivity index (χ0n) is 4.56. The number of halogens is 1. The maximum atomic E-state index is 10.1. The summed E-state index contributed by atoms with van der Waals surface area (Å²) >= 11 is 5.19. The molecule has 0 aromatic carbocycles. The number of esters is 1. The fourth-order valence-corrected chi connectivity index (χ4v) is 0.308. The van der Waals surface area contributed by atoms with E-state index in [9.17, 15) is 4.79 Å². The van der Waals surface area contributed by atoms with E-state index in [-0.39, 0.29) is 5.88 Å². The summed E-state index contributed by atoms with van der Waals surface area (Å²) in [5.41, 5.74) is 5.10. The van der Waals surface area contributed by atoms with Crippen LogP contribution in [0.2, 0.25) is 0 Å². The van der Waals surface area contributed by atoms with Gasteiger partial charge in [-0.1, -0.05) is 0 Å². The normalized spacial score (nSPS) is 12.9. The zero-order chi connectivity index (χ0) is 6.57. The molecule has 0 aromatic rings. The highest BCUT2D eigenvalue weighted by molar-refractivity contribution is 6.18. The second-order valence-corrected chi connectivity index (χ2v) is 1.61. The Hall–Kier alpha value is -0.280. The summed E-state index contributed by atoms with van der Waals surface area (Å²) in [5, 5.41) is 0. The van der Waals surface area contributed by atoms with E-state index in [1.54, 1.807) is 0 Å². The molecule has 0 radical (unpaired) electrons. The number of rotatable bonds is 2. The lowest BCUT2D eigenvalue weighted by Gasteiger charge is -2.05. The standard InChI is InChI=1S/C4H8ClNO2/c1-3(7)8-4(6)2-5/h4H,2,6H2,1H3. The SMILES string of the molecule is CC(=O)OC(N)CCl. The molecule has 48 valence electrons. The summed E-state index contributed by atoms with van der Waals surface area (Å²) in [4.78, 5) is 10.1. The molecular weight excluding hydrogens is 130 g/mol. The Morgan fingerprint density at radius 1 is 2.00 bits per heavy atom. The number of carbonyl (C=O) groups excluding carboxylic acids is 1. The number of nitrogens with two attached hydrogens (primary N) is 1. The molecule has 1 atom stereocenters. The van der Waals surface area contributed by atoms with Gasteiger partial charge in [-0.05, 0) is 0 Å². The van der Waals surface area contributed by atoms with E-state index in [4.69, 9.17) is 17.3 Å². The summed E-state index contributed by atoms with van der Waals surface area (Å²) in [7, 11) is 0. The van der Waals surface area contributed by atoms with Gasteiger partial charge >= 0.3 is 5.97 Å². The van der Waals surface area contributed by atoms with Crippen LogP contribution in [0.1, 0.15) is 6.92 Å². The van der Waals surface area contributed by atoms with Gasteiger partial charge in [0, 0.05) is 6.92 Å². The van der Waals surface area contributed by atoms with E-state index < -0.39 is 12.2 Å². The Kier molecular flexibility index (Phi) is 3.56. The van der Waals surface area contributed by atoms with Gasteiger partial charge in [0.25, 0.3) is 0 Å². The number of hydrogen-bond donors (Lipinski definition) is 1. The first kappa shape index (κ1) is 7.72. The molecule has 0 aliphatic heterocycles. The average Bonchev–Trinajstić information content (AvgIpc) is 1.65. The fourth-order valence-electron chi connectivity index (χ4n) is 0.245. The van der Waals surface area contributed by atoms with E-state index in [0.717, 1.165) is 0 Å². The van der Waals surface area contributed by atoms with Crippen LogP contribution in [0.3, 0.4) is 0 Å². The second kappa shape index (κ2) is 3.69. The molecule has 2 N–H and O–H groups in total. The molecule has 0 aliphatic carbocycles. The van der Waals surface area contributed by atoms with Gasteiger partial charge in [-0.15, -0.1) is 11.6 Å². The van der Waals surface area contributed by atoms with E-state index in [1.807, 2.05) is 0 Å². The summed E-state index contributed by atoms with van der Waals surface area (Å²) in [6.45, 7) is 1.28. The van der Waals surface area contributed by atoms with Crippen LogP contribution in [0.25, 0.3) is 0 Å². The van der Waals surface area contributed by atoms with Gasteiger partial charge in [0.15, 0.2) is 6.23 Å². The van der Waals surface area contributed by atoms with Crippen LogP contribution in [-0.4, -0.2) is 18.1 Å². The number of carbonyl (C=O) groups is 1. The molecule has 0 aromatic heterocycles. The Labute approximate surface area is 52.8 Å². The highest BCUT2D eigenvalue weighted by atomic mass is 35.5. The minimum absolute atomic E-state index is 0.138. The molecule has 0 spiro atoms. The van der Waals surface area contributed by atoms with Gasteiger partial charge in [-0.25, -0.2) is 0 Å². The minimum Gasteiger partial charge on any atom is -0.446 e. The predicted molar refractivity (Wildman–Crippen MR) is 30.5 cm³/mol. The first-order valence-corrected chi connectivity index (χ1v) is 2.69. The van der Waals surface area contributed by atoms with Crippen molar-refractivity contribution in [2.45, 2.75) is 13.2 Å². The second-order valence-electron chi connectivity index (χ2n) is 1.30. The lowest BCUT2D eigenvalue weighted by Crippen LogP contribution is -2.27. The summed E-state index contributed by atoms with van der Waals surface area (Å²) in [6, 6.07) is 0. The van der Waals surface area contributed by atoms with Crippen LogP contribution in [0.15, 0.2) is 0 Å². The lowest BCUT2D eigenvalue weighted by molar-refractivity contribution is -0.144. The first-order valence-electron chi connectivity index (χ1n) is 2.15. The van der Waals surface area contributed by atoms with E-state index in [0.29, 0.717) is 0 Å². The van der Waals surface area contributed by atoms with Gasteiger partial charge < -0.3 is 4.74 Å². The van der Waals surface area contributed by atoms with Gasteiger partial charge in [0.1, 0.15) is 0 Å². The molecule has 0 fully saturated rings. The van der Waals surface area contributed by atoms with Crippen LogP contribution in [0.4, 0.5) is 0 Å². The molecule has 0 rings (SSSR count). The Bertz CT molecular complexity index is 86.1. The molecule has 0 amide bonds. The molecule has 8 heavy (non-hydrogen) atoms. The predicted octanol–water partition coefficient (Wildman–Crippen LogP) is 0.0731. The summed E-state index contributed by atoms with van der Waals surface area (Å²) < 4.78 is 4.41. The van der Waals surface area contributed by atoms with Crippen LogP contribution < -0.4 is 5.73 Å². The molecule has 0 saturated carbocycles. The van der Waals surface area contributed by atoms with E-state index >= 15 is 0 Å². The first-order chi connectivity index (χ1) is 3.66. The van der Waals surface area contributed by atoms with Crippen molar-refractivity contribution < 1.29 is 9.53 Å². The van der Waals surface area contributed by atoms with E-state index in [2.05, 4.69) is 4.74 Å².